The van der Waals surface area contributed by atoms with Gasteiger partial charge in [0.1, 0.15) is 10.0 Å². The van der Waals surface area contributed by atoms with Crippen molar-refractivity contribution in [3.05, 3.63) is 47.3 Å². The smallest absolute Gasteiger partial charge is 0.155 e. The zero-order valence-electron chi connectivity index (χ0n) is 9.25. The van der Waals surface area contributed by atoms with E-state index < -0.39 is 5.75 Å². The summed E-state index contributed by atoms with van der Waals surface area (Å²) in [5.74, 6) is -0.391. The molecule has 0 aliphatic carbocycles. The van der Waals surface area contributed by atoms with Crippen LogP contribution < -0.4 is 0 Å². The number of phenols is 1. The molecule has 0 aliphatic rings. The molecule has 0 unspecified atom stereocenters. The third-order valence-corrected chi connectivity index (χ3v) is 5.39. The molecule has 20 heavy (non-hydrogen) atoms. The standard InChI is InChI=1S/C12H3Cl7O/c13-4-1-3(2-5(14)7(4)15)6-8(16)10(18)12(20)11(19)9(6)17/h1-2,20H. The van der Waals surface area contributed by atoms with Gasteiger partial charge in [0.15, 0.2) is 5.75 Å². The van der Waals surface area contributed by atoms with Crippen LogP contribution in [-0.2, 0) is 0 Å². The van der Waals surface area contributed by atoms with Gasteiger partial charge in [-0.2, -0.15) is 0 Å². The van der Waals surface area contributed by atoms with Gasteiger partial charge in [-0.3, -0.25) is 0 Å². The Morgan fingerprint density at radius 1 is 0.600 bits per heavy atom. The summed E-state index contributed by atoms with van der Waals surface area (Å²) in [6.45, 7) is 0. The topological polar surface area (TPSA) is 20.2 Å². The van der Waals surface area contributed by atoms with Gasteiger partial charge >= 0.3 is 0 Å². The predicted molar refractivity (Wildman–Crippen MR) is 88.6 cm³/mol. The van der Waals surface area contributed by atoms with Crippen LogP contribution in [0.25, 0.3) is 11.1 Å². The van der Waals surface area contributed by atoms with Crippen molar-refractivity contribution >= 4 is 81.2 Å². The molecule has 0 spiro atoms. The monoisotopic (exact) mass is 408 g/mol. The zero-order valence-corrected chi connectivity index (χ0v) is 14.5. The van der Waals surface area contributed by atoms with Crippen LogP contribution in [0.5, 0.6) is 5.75 Å². The van der Waals surface area contributed by atoms with Crippen molar-refractivity contribution in [1.82, 2.24) is 0 Å². The van der Waals surface area contributed by atoms with E-state index in [-0.39, 0.29) is 35.2 Å². The highest BCUT2D eigenvalue weighted by Crippen LogP contribution is 2.50. The first kappa shape index (κ1) is 16.6. The van der Waals surface area contributed by atoms with E-state index in [2.05, 4.69) is 0 Å². The summed E-state index contributed by atoms with van der Waals surface area (Å²) in [5, 5.41) is 10.2. The summed E-state index contributed by atoms with van der Waals surface area (Å²) < 4.78 is 0. The Morgan fingerprint density at radius 2 is 1.00 bits per heavy atom. The quantitative estimate of drug-likeness (QED) is 0.378. The second kappa shape index (κ2) is 6.18. The summed E-state index contributed by atoms with van der Waals surface area (Å²) >= 11 is 41.8. The molecule has 0 saturated heterocycles. The molecule has 0 aromatic heterocycles. The first-order valence-corrected chi connectivity index (χ1v) is 7.60. The molecule has 0 fully saturated rings. The summed E-state index contributed by atoms with van der Waals surface area (Å²) in [4.78, 5) is 0. The lowest BCUT2D eigenvalue weighted by Gasteiger charge is -2.13. The van der Waals surface area contributed by atoms with E-state index in [1.165, 1.54) is 12.1 Å². The maximum atomic E-state index is 9.69. The highest BCUT2D eigenvalue weighted by atomic mass is 35.5. The molecule has 0 amide bonds. The Hall–Kier alpha value is 0.270. The molecular formula is C12H3Cl7O. The molecule has 2 rings (SSSR count). The number of rotatable bonds is 1. The predicted octanol–water partition coefficient (Wildman–Crippen LogP) is 7.63. The van der Waals surface area contributed by atoms with Crippen molar-refractivity contribution in [2.75, 3.05) is 0 Å². The molecule has 0 aliphatic heterocycles. The van der Waals surface area contributed by atoms with Crippen molar-refractivity contribution < 1.29 is 5.11 Å². The van der Waals surface area contributed by atoms with Crippen LogP contribution in [-0.4, -0.2) is 5.11 Å². The number of halogens is 7. The summed E-state index contributed by atoms with van der Waals surface area (Å²) in [6, 6.07) is 3.04. The number of benzene rings is 2. The molecule has 1 nitrogen and oxygen atoms in total. The van der Waals surface area contributed by atoms with E-state index in [4.69, 9.17) is 81.2 Å². The molecule has 2 aromatic rings. The van der Waals surface area contributed by atoms with Gasteiger partial charge in [0.2, 0.25) is 0 Å². The number of phenolic OH excluding ortho intramolecular Hbond substituents is 1. The van der Waals surface area contributed by atoms with Crippen LogP contribution in [0.1, 0.15) is 0 Å². The molecule has 0 bridgehead atoms. The Bertz CT molecular complexity index is 659. The molecular weight excluding hydrogens is 408 g/mol. The third kappa shape index (κ3) is 2.78. The van der Waals surface area contributed by atoms with Crippen LogP contribution >= 0.6 is 81.2 Å². The van der Waals surface area contributed by atoms with Gasteiger partial charge in [-0.1, -0.05) is 81.2 Å². The molecule has 106 valence electrons. The van der Waals surface area contributed by atoms with Crippen molar-refractivity contribution in [3.63, 3.8) is 0 Å². The van der Waals surface area contributed by atoms with Crippen LogP contribution in [0.3, 0.4) is 0 Å². The number of hydrogen-bond donors (Lipinski definition) is 1. The Kier molecular flexibility index (Phi) is 5.14. The molecule has 1 N–H and O–H groups in total. The summed E-state index contributed by atoms with van der Waals surface area (Å²) in [6.07, 6.45) is 0. The van der Waals surface area contributed by atoms with Gasteiger partial charge in [0, 0.05) is 5.56 Å². The molecule has 2 aromatic carbocycles. The Balaban J connectivity index is 2.83. The van der Waals surface area contributed by atoms with Gasteiger partial charge in [-0.05, 0) is 17.7 Å². The highest BCUT2D eigenvalue weighted by molar-refractivity contribution is 6.52. The zero-order chi connectivity index (χ0) is 15.2. The SMILES string of the molecule is Oc1c(Cl)c(Cl)c(-c2cc(Cl)c(Cl)c(Cl)c2)c(Cl)c1Cl. The van der Waals surface area contributed by atoms with Crippen LogP contribution in [0.15, 0.2) is 12.1 Å². The van der Waals surface area contributed by atoms with E-state index in [9.17, 15) is 5.11 Å². The van der Waals surface area contributed by atoms with Crippen molar-refractivity contribution in [2.24, 2.45) is 0 Å². The molecule has 0 atom stereocenters. The molecule has 0 heterocycles. The molecule has 0 radical (unpaired) electrons. The van der Waals surface area contributed by atoms with Gasteiger partial charge in [-0.25, -0.2) is 0 Å². The average molecular weight is 411 g/mol. The fourth-order valence-electron chi connectivity index (χ4n) is 1.57. The largest absolute Gasteiger partial charge is 0.505 e. The van der Waals surface area contributed by atoms with E-state index in [0.29, 0.717) is 11.1 Å². The lowest BCUT2D eigenvalue weighted by atomic mass is 10.1. The van der Waals surface area contributed by atoms with E-state index in [0.717, 1.165) is 0 Å². The van der Waals surface area contributed by atoms with Crippen molar-refractivity contribution in [2.45, 2.75) is 0 Å². The van der Waals surface area contributed by atoms with Crippen LogP contribution in [0.4, 0.5) is 0 Å². The normalized spacial score (nSPS) is 10.9. The third-order valence-electron chi connectivity index (χ3n) is 2.51. The van der Waals surface area contributed by atoms with Gasteiger partial charge in [0.25, 0.3) is 0 Å². The average Bonchev–Trinajstić information content (AvgIpc) is 2.40. The molecule has 8 heteroatoms. The van der Waals surface area contributed by atoms with Gasteiger partial charge < -0.3 is 5.11 Å². The van der Waals surface area contributed by atoms with E-state index in [1.54, 1.807) is 0 Å². The first-order valence-electron chi connectivity index (χ1n) is 4.95. The minimum atomic E-state index is -0.391. The Morgan fingerprint density at radius 3 is 1.40 bits per heavy atom. The van der Waals surface area contributed by atoms with Crippen molar-refractivity contribution in [1.29, 1.82) is 0 Å². The maximum Gasteiger partial charge on any atom is 0.155 e. The van der Waals surface area contributed by atoms with Gasteiger partial charge in [0.05, 0.1) is 25.1 Å². The van der Waals surface area contributed by atoms with Crippen LogP contribution in [0.2, 0.25) is 35.2 Å². The Labute approximate surface area is 149 Å². The maximum absolute atomic E-state index is 9.69. The van der Waals surface area contributed by atoms with Crippen molar-refractivity contribution in [3.8, 4) is 16.9 Å². The lowest BCUT2D eigenvalue weighted by Crippen LogP contribution is -1.87. The van der Waals surface area contributed by atoms with E-state index in [1.807, 2.05) is 0 Å². The van der Waals surface area contributed by atoms with Crippen LogP contribution in [0, 0.1) is 0 Å². The fourth-order valence-corrected chi connectivity index (χ4v) is 3.23. The number of aromatic hydroxyl groups is 1. The van der Waals surface area contributed by atoms with E-state index >= 15 is 0 Å². The van der Waals surface area contributed by atoms with Gasteiger partial charge in [-0.15, -0.1) is 0 Å². The molecule has 0 saturated carbocycles. The minimum absolute atomic E-state index is 0.0352. The highest BCUT2D eigenvalue weighted by Gasteiger charge is 2.22. The fraction of sp³-hybridized carbons (Fsp3) is 0. The summed E-state index contributed by atoms with van der Waals surface area (Å²) in [5.41, 5.74) is 0.782. The minimum Gasteiger partial charge on any atom is -0.505 e. The second-order valence-electron chi connectivity index (χ2n) is 3.73. The lowest BCUT2D eigenvalue weighted by molar-refractivity contribution is 0.476. The summed E-state index contributed by atoms with van der Waals surface area (Å²) in [7, 11) is 0. The number of hydrogen-bond acceptors (Lipinski definition) is 1. The second-order valence-corrected chi connectivity index (χ2v) is 6.44. The first-order chi connectivity index (χ1) is 9.25.